The van der Waals surface area contributed by atoms with E-state index in [0.717, 1.165) is 6.20 Å². The smallest absolute Gasteiger partial charge is 0.404 e. The number of aromatic nitrogens is 2. The SMILES string of the molecule is [2H][C@@]1(n2cc(C)c(=O)[nH]c2=O)O[C@](F)(COP2(=O)OCc3cc(Cl)ccc3O2)[C@@H](O)[C@H]1O. The van der Waals surface area contributed by atoms with Gasteiger partial charge < -0.3 is 19.5 Å². The average molecular weight is 480 g/mol. The number of aliphatic hydroxyl groups is 2. The van der Waals surface area contributed by atoms with E-state index in [1.807, 2.05) is 4.98 Å². The predicted molar refractivity (Wildman–Crippen MR) is 102 cm³/mol. The molecule has 3 N–H and O–H groups in total. The molecule has 0 aliphatic carbocycles. The monoisotopic (exact) mass is 479 g/mol. The Hall–Kier alpha value is -2.05. The summed E-state index contributed by atoms with van der Waals surface area (Å²) in [5.74, 6) is -3.18. The number of alkyl halides is 1. The lowest BCUT2D eigenvalue weighted by Gasteiger charge is -2.28. The fourth-order valence-corrected chi connectivity index (χ4v) is 4.40. The molecule has 5 atom stereocenters. The van der Waals surface area contributed by atoms with Crippen molar-refractivity contribution in [3.8, 4) is 5.75 Å². The summed E-state index contributed by atoms with van der Waals surface area (Å²) in [6, 6.07) is 4.38. The van der Waals surface area contributed by atoms with Gasteiger partial charge in [-0.05, 0) is 25.1 Å². The Bertz CT molecular complexity index is 1240. The minimum Gasteiger partial charge on any atom is -0.404 e. The third-order valence-corrected chi connectivity index (χ3v) is 6.20. The zero-order valence-electron chi connectivity index (χ0n) is 16.8. The quantitative estimate of drug-likeness (QED) is 0.549. The second-order valence-corrected chi connectivity index (χ2v) is 8.92. The third-order valence-electron chi connectivity index (χ3n) is 4.66. The summed E-state index contributed by atoms with van der Waals surface area (Å²) in [6.07, 6.45) is -6.71. The molecule has 168 valence electrons. The summed E-state index contributed by atoms with van der Waals surface area (Å²) in [5.41, 5.74) is -1.52. The van der Waals surface area contributed by atoms with E-state index in [0.29, 0.717) is 15.2 Å². The van der Waals surface area contributed by atoms with E-state index in [-0.39, 0.29) is 17.9 Å². The maximum absolute atomic E-state index is 15.4. The number of H-pyrrole nitrogens is 1. The standard InChI is InChI=1S/C17H17ClFN2O9P/c1-8-5-21(16(25)20-14(8)24)15-12(22)13(23)17(19,29-15)7-28-31(26)27-6-9-4-10(18)2-3-11(9)30-31/h2-5,12-13,15,22-23H,6-7H2,1H3,(H,20,24,25)/t12-,13+,15-,17-,31?/m1/s1/i15D. The number of halogens is 2. The van der Waals surface area contributed by atoms with Crippen LogP contribution >= 0.6 is 19.4 Å². The van der Waals surface area contributed by atoms with E-state index in [2.05, 4.69) is 0 Å². The van der Waals surface area contributed by atoms with E-state index in [4.69, 9.17) is 31.3 Å². The number of ether oxygens (including phenoxy) is 1. The second-order valence-electron chi connectivity index (χ2n) is 6.89. The van der Waals surface area contributed by atoms with Crippen molar-refractivity contribution in [2.45, 2.75) is 37.8 Å². The maximum Gasteiger partial charge on any atom is 0.530 e. The van der Waals surface area contributed by atoms with Gasteiger partial charge in [-0.2, -0.15) is 0 Å². The highest BCUT2D eigenvalue weighted by molar-refractivity contribution is 7.49. The van der Waals surface area contributed by atoms with Gasteiger partial charge in [-0.1, -0.05) is 11.6 Å². The highest BCUT2D eigenvalue weighted by Gasteiger charge is 2.57. The number of aryl methyl sites for hydroxylation is 1. The molecule has 1 fully saturated rings. The molecule has 31 heavy (non-hydrogen) atoms. The summed E-state index contributed by atoms with van der Waals surface area (Å²) >= 11 is 5.86. The summed E-state index contributed by atoms with van der Waals surface area (Å²) in [4.78, 5) is 25.6. The van der Waals surface area contributed by atoms with Crippen LogP contribution in [0.2, 0.25) is 5.02 Å². The van der Waals surface area contributed by atoms with E-state index in [1.54, 1.807) is 0 Å². The fraction of sp³-hybridized carbons (Fsp3) is 0.412. The molecule has 0 amide bonds. The zero-order valence-corrected chi connectivity index (χ0v) is 17.4. The Balaban J connectivity index is 1.56. The molecule has 0 bridgehead atoms. The second kappa shape index (κ2) is 7.82. The van der Waals surface area contributed by atoms with E-state index in [9.17, 15) is 24.4 Å². The number of hydrogen-bond acceptors (Lipinski definition) is 9. The lowest BCUT2D eigenvalue weighted by Crippen LogP contribution is -2.43. The molecule has 0 saturated carbocycles. The van der Waals surface area contributed by atoms with Crippen LogP contribution in [-0.2, 0) is 25.0 Å². The molecule has 11 nitrogen and oxygen atoms in total. The van der Waals surface area contributed by atoms with Crippen LogP contribution in [0.3, 0.4) is 0 Å². The Labute approximate surface area is 179 Å². The number of benzene rings is 1. The van der Waals surface area contributed by atoms with Crippen molar-refractivity contribution in [1.29, 1.82) is 0 Å². The molecule has 4 rings (SSSR count). The van der Waals surface area contributed by atoms with Crippen LogP contribution in [0.5, 0.6) is 5.75 Å². The van der Waals surface area contributed by atoms with Crippen LogP contribution in [0.15, 0.2) is 34.0 Å². The largest absolute Gasteiger partial charge is 0.530 e. The number of nitrogens with one attached hydrogen (secondary N) is 1. The van der Waals surface area contributed by atoms with Crippen molar-refractivity contribution in [3.63, 3.8) is 0 Å². The van der Waals surface area contributed by atoms with E-state index >= 15 is 4.39 Å². The van der Waals surface area contributed by atoms with Gasteiger partial charge in [0.15, 0.2) is 6.20 Å². The molecule has 0 spiro atoms. The van der Waals surface area contributed by atoms with Crippen LogP contribution in [-0.4, -0.2) is 44.4 Å². The summed E-state index contributed by atoms with van der Waals surface area (Å²) in [5, 5.41) is 20.9. The topological polar surface area (TPSA) is 149 Å². The van der Waals surface area contributed by atoms with Crippen LogP contribution in [0.25, 0.3) is 0 Å². The molecule has 2 aromatic rings. The number of rotatable bonds is 4. The Morgan fingerprint density at radius 2 is 2.23 bits per heavy atom. The normalized spacial score (nSPS) is 35.3. The first-order valence-corrected chi connectivity index (χ1v) is 10.7. The van der Waals surface area contributed by atoms with Crippen LogP contribution in [0.4, 0.5) is 4.39 Å². The average Bonchev–Trinajstić information content (AvgIpc) is 2.91. The van der Waals surface area contributed by atoms with Crippen molar-refractivity contribution in [2.24, 2.45) is 0 Å². The molecule has 2 aliphatic heterocycles. The van der Waals surface area contributed by atoms with Gasteiger partial charge in [0.2, 0.25) is 0 Å². The molecule has 0 radical (unpaired) electrons. The number of nitrogens with zero attached hydrogens (tertiary/aromatic N) is 1. The number of phosphoric acid groups is 1. The number of hydrogen-bond donors (Lipinski definition) is 3. The lowest BCUT2D eigenvalue weighted by atomic mass is 10.1. The van der Waals surface area contributed by atoms with Gasteiger partial charge >= 0.3 is 13.5 Å². The van der Waals surface area contributed by atoms with Crippen molar-refractivity contribution >= 4 is 19.4 Å². The molecular formula is C17H17ClFN2O9P. The van der Waals surface area contributed by atoms with Gasteiger partial charge in [-0.3, -0.25) is 23.4 Å². The van der Waals surface area contributed by atoms with Crippen molar-refractivity contribution in [3.05, 3.63) is 61.4 Å². The molecule has 1 unspecified atom stereocenters. The first-order valence-electron chi connectivity index (χ1n) is 9.32. The highest BCUT2D eigenvalue weighted by atomic mass is 35.5. The number of aliphatic hydroxyl groups excluding tert-OH is 2. The Morgan fingerprint density at radius 1 is 1.48 bits per heavy atom. The number of phosphoric ester groups is 1. The highest BCUT2D eigenvalue weighted by Crippen LogP contribution is 2.56. The first kappa shape index (κ1) is 20.8. The zero-order chi connectivity index (χ0) is 23.5. The molecule has 3 heterocycles. The summed E-state index contributed by atoms with van der Waals surface area (Å²) in [6.45, 7) is -0.216. The van der Waals surface area contributed by atoms with Gasteiger partial charge in [-0.25, -0.2) is 13.8 Å². The Kier molecular flexibility index (Phi) is 5.25. The molecule has 1 aromatic carbocycles. The van der Waals surface area contributed by atoms with Crippen molar-refractivity contribution in [1.82, 2.24) is 9.55 Å². The fourth-order valence-electron chi connectivity index (χ4n) is 2.98. The van der Waals surface area contributed by atoms with Gasteiger partial charge in [-0.15, -0.1) is 0 Å². The van der Waals surface area contributed by atoms with Gasteiger partial charge in [0.1, 0.15) is 24.6 Å². The minimum atomic E-state index is -4.37. The minimum absolute atomic E-state index is 0.0404. The molecule has 2 aliphatic rings. The molecule has 1 saturated heterocycles. The van der Waals surface area contributed by atoms with Crippen LogP contribution < -0.4 is 15.8 Å². The lowest BCUT2D eigenvalue weighted by molar-refractivity contribution is -0.205. The molecule has 14 heteroatoms. The molecular weight excluding hydrogens is 462 g/mol. The maximum atomic E-state index is 15.4. The number of aromatic amines is 1. The molecule has 1 aromatic heterocycles. The number of fused-ring (bicyclic) bond motifs is 1. The van der Waals surface area contributed by atoms with E-state index < -0.39 is 49.9 Å². The van der Waals surface area contributed by atoms with Gasteiger partial charge in [0.25, 0.3) is 11.4 Å². The third kappa shape index (κ3) is 4.08. The van der Waals surface area contributed by atoms with Crippen LogP contribution in [0.1, 0.15) is 18.7 Å². The van der Waals surface area contributed by atoms with Gasteiger partial charge in [0.05, 0.1) is 7.98 Å². The predicted octanol–water partition coefficient (Wildman–Crippen LogP) is 1.15. The van der Waals surface area contributed by atoms with Gasteiger partial charge in [0, 0.05) is 22.3 Å². The first-order chi connectivity index (χ1) is 14.9. The van der Waals surface area contributed by atoms with E-state index in [1.165, 1.54) is 25.1 Å². The summed E-state index contributed by atoms with van der Waals surface area (Å²) < 4.78 is 56.9. The summed E-state index contributed by atoms with van der Waals surface area (Å²) in [7, 11) is -4.37. The van der Waals surface area contributed by atoms with Crippen molar-refractivity contribution < 1.29 is 38.8 Å². The van der Waals surface area contributed by atoms with Crippen LogP contribution in [0, 0.1) is 6.92 Å². The van der Waals surface area contributed by atoms with Crippen molar-refractivity contribution in [2.75, 3.05) is 6.61 Å². The Morgan fingerprint density at radius 3 is 2.97 bits per heavy atom.